The Labute approximate surface area is 103 Å². The lowest BCUT2D eigenvalue weighted by atomic mass is 10.0. The number of carbonyl (C=O) groups is 2. The van der Waals surface area contributed by atoms with Gasteiger partial charge in [0, 0.05) is 13.0 Å². The van der Waals surface area contributed by atoms with Crippen LogP contribution in [0.1, 0.15) is 40.0 Å². The predicted octanol–water partition coefficient (Wildman–Crippen LogP) is 2.10. The van der Waals surface area contributed by atoms with Crippen molar-refractivity contribution in [3.8, 4) is 0 Å². The second-order valence-corrected chi connectivity index (χ2v) is 5.35. The van der Waals surface area contributed by atoms with Crippen LogP contribution in [0.5, 0.6) is 0 Å². The van der Waals surface area contributed by atoms with E-state index in [2.05, 4.69) is 6.58 Å². The normalized spacial score (nSPS) is 21.9. The Balaban J connectivity index is 2.63. The largest absolute Gasteiger partial charge is 0.460 e. The zero-order valence-corrected chi connectivity index (χ0v) is 10.9. The van der Waals surface area contributed by atoms with Gasteiger partial charge in [0.2, 0.25) is 5.91 Å². The number of likely N-dealkylation sites (tertiary alicyclic amines) is 1. The van der Waals surface area contributed by atoms with Crippen molar-refractivity contribution < 1.29 is 14.3 Å². The van der Waals surface area contributed by atoms with Gasteiger partial charge in [0.15, 0.2) is 0 Å². The fourth-order valence-electron chi connectivity index (χ4n) is 1.84. The van der Waals surface area contributed by atoms with Crippen molar-refractivity contribution in [2.45, 2.75) is 45.6 Å². The van der Waals surface area contributed by atoms with Gasteiger partial charge in [0.1, 0.15) is 5.60 Å². The van der Waals surface area contributed by atoms with E-state index in [1.807, 2.05) is 20.8 Å². The first-order chi connectivity index (χ1) is 7.83. The highest BCUT2D eigenvalue weighted by molar-refractivity contribution is 5.84. The number of esters is 1. The number of hydrogen-bond donors (Lipinski definition) is 0. The molecule has 0 aromatic carbocycles. The third-order valence-electron chi connectivity index (χ3n) is 2.65. The highest BCUT2D eigenvalue weighted by atomic mass is 16.6. The van der Waals surface area contributed by atoms with Crippen molar-refractivity contribution >= 4 is 11.9 Å². The minimum absolute atomic E-state index is 0.0478. The van der Waals surface area contributed by atoms with Crippen molar-refractivity contribution in [3.05, 3.63) is 12.8 Å². The molecule has 1 aliphatic rings. The molecule has 1 saturated heterocycles. The molecule has 1 rings (SSSR count). The highest BCUT2D eigenvalue weighted by Gasteiger charge is 2.30. The summed E-state index contributed by atoms with van der Waals surface area (Å²) in [4.78, 5) is 25.2. The number of rotatable bonds is 2. The van der Waals surface area contributed by atoms with Crippen LogP contribution >= 0.6 is 0 Å². The van der Waals surface area contributed by atoms with E-state index in [0.29, 0.717) is 13.0 Å². The summed E-state index contributed by atoms with van der Waals surface area (Å²) in [5.74, 6) is -0.628. The van der Waals surface area contributed by atoms with Crippen molar-refractivity contribution in [2.24, 2.45) is 5.92 Å². The summed E-state index contributed by atoms with van der Waals surface area (Å²) < 4.78 is 5.31. The van der Waals surface area contributed by atoms with Crippen LogP contribution in [-0.2, 0) is 14.3 Å². The predicted molar refractivity (Wildman–Crippen MR) is 65.1 cm³/mol. The van der Waals surface area contributed by atoms with Gasteiger partial charge in [0.05, 0.1) is 5.92 Å². The Morgan fingerprint density at radius 3 is 2.71 bits per heavy atom. The van der Waals surface area contributed by atoms with Gasteiger partial charge in [0.25, 0.3) is 0 Å². The van der Waals surface area contributed by atoms with E-state index in [1.54, 1.807) is 4.90 Å². The standard InChI is InChI=1S/C13H21NO3/c1-5-14-8-6-7-10(9-11(14)15)12(16)17-13(2,3)4/h5,10H,1,6-9H2,2-4H3. The molecule has 4 nitrogen and oxygen atoms in total. The topological polar surface area (TPSA) is 46.6 Å². The quantitative estimate of drug-likeness (QED) is 0.693. The minimum Gasteiger partial charge on any atom is -0.460 e. The average Bonchev–Trinajstić information content (AvgIpc) is 2.37. The summed E-state index contributed by atoms with van der Waals surface area (Å²) in [6.07, 6.45) is 3.26. The molecule has 17 heavy (non-hydrogen) atoms. The van der Waals surface area contributed by atoms with E-state index in [9.17, 15) is 9.59 Å². The summed E-state index contributed by atoms with van der Waals surface area (Å²) in [5.41, 5.74) is -0.495. The third kappa shape index (κ3) is 4.21. The van der Waals surface area contributed by atoms with E-state index in [0.717, 1.165) is 6.42 Å². The van der Waals surface area contributed by atoms with Gasteiger partial charge in [-0.15, -0.1) is 0 Å². The lowest BCUT2D eigenvalue weighted by Crippen LogP contribution is -2.31. The second kappa shape index (κ2) is 5.34. The number of ether oxygens (including phenoxy) is 1. The van der Waals surface area contributed by atoms with Crippen molar-refractivity contribution in [2.75, 3.05) is 6.54 Å². The summed E-state index contributed by atoms with van der Waals surface area (Å²) in [6.45, 7) is 9.73. The molecule has 1 aliphatic heterocycles. The fraction of sp³-hybridized carbons (Fsp3) is 0.692. The summed E-state index contributed by atoms with van der Waals surface area (Å²) >= 11 is 0. The Morgan fingerprint density at radius 2 is 2.18 bits per heavy atom. The Bertz CT molecular complexity index is 317. The SMILES string of the molecule is C=CN1CCCC(C(=O)OC(C)(C)C)CC1=O. The lowest BCUT2D eigenvalue weighted by Gasteiger charge is -2.23. The van der Waals surface area contributed by atoms with Gasteiger partial charge in [-0.25, -0.2) is 0 Å². The van der Waals surface area contributed by atoms with Crippen LogP contribution in [-0.4, -0.2) is 28.9 Å². The molecule has 1 atom stereocenters. The maximum absolute atomic E-state index is 11.9. The highest BCUT2D eigenvalue weighted by Crippen LogP contribution is 2.22. The number of amides is 1. The van der Waals surface area contributed by atoms with E-state index < -0.39 is 5.60 Å². The zero-order valence-electron chi connectivity index (χ0n) is 10.9. The van der Waals surface area contributed by atoms with Crippen molar-refractivity contribution in [3.63, 3.8) is 0 Å². The molecule has 0 bridgehead atoms. The van der Waals surface area contributed by atoms with Gasteiger partial charge >= 0.3 is 5.97 Å². The summed E-state index contributed by atoms with van der Waals surface area (Å²) in [5, 5.41) is 0. The molecular weight excluding hydrogens is 218 g/mol. The molecule has 0 spiro atoms. The van der Waals surface area contributed by atoms with E-state index >= 15 is 0 Å². The van der Waals surface area contributed by atoms with Gasteiger partial charge in [-0.2, -0.15) is 0 Å². The average molecular weight is 239 g/mol. The number of nitrogens with zero attached hydrogens (tertiary/aromatic N) is 1. The first kappa shape index (κ1) is 13.7. The third-order valence-corrected chi connectivity index (χ3v) is 2.65. The number of hydrogen-bond acceptors (Lipinski definition) is 3. The Morgan fingerprint density at radius 1 is 1.53 bits per heavy atom. The Kier molecular flexibility index (Phi) is 4.32. The summed E-state index contributed by atoms with van der Waals surface area (Å²) in [6, 6.07) is 0. The maximum atomic E-state index is 11.9. The van der Waals surface area contributed by atoms with Crippen LogP contribution in [0.25, 0.3) is 0 Å². The van der Waals surface area contributed by atoms with Gasteiger partial charge in [-0.05, 0) is 39.8 Å². The van der Waals surface area contributed by atoms with Gasteiger partial charge in [-0.3, -0.25) is 9.59 Å². The number of carbonyl (C=O) groups excluding carboxylic acids is 2. The van der Waals surface area contributed by atoms with Crippen LogP contribution in [0.3, 0.4) is 0 Å². The zero-order chi connectivity index (χ0) is 13.1. The smallest absolute Gasteiger partial charge is 0.309 e. The molecule has 1 fully saturated rings. The molecule has 96 valence electrons. The van der Waals surface area contributed by atoms with Crippen LogP contribution in [0.4, 0.5) is 0 Å². The first-order valence-electron chi connectivity index (χ1n) is 5.98. The first-order valence-corrected chi connectivity index (χ1v) is 5.98. The molecule has 0 aliphatic carbocycles. The lowest BCUT2D eigenvalue weighted by molar-refractivity contribution is -0.161. The molecule has 0 N–H and O–H groups in total. The van der Waals surface area contributed by atoms with Crippen molar-refractivity contribution in [1.29, 1.82) is 0 Å². The monoisotopic (exact) mass is 239 g/mol. The molecule has 0 aromatic heterocycles. The maximum Gasteiger partial charge on any atom is 0.309 e. The minimum atomic E-state index is -0.495. The van der Waals surface area contributed by atoms with E-state index in [4.69, 9.17) is 4.74 Å². The van der Waals surface area contributed by atoms with Crippen molar-refractivity contribution in [1.82, 2.24) is 4.90 Å². The van der Waals surface area contributed by atoms with Crippen LogP contribution in [0.2, 0.25) is 0 Å². The molecule has 1 heterocycles. The molecule has 0 aromatic rings. The molecule has 1 amide bonds. The molecule has 0 radical (unpaired) electrons. The van der Waals surface area contributed by atoms with Crippen LogP contribution < -0.4 is 0 Å². The second-order valence-electron chi connectivity index (χ2n) is 5.35. The van der Waals surface area contributed by atoms with Gasteiger partial charge < -0.3 is 9.64 Å². The molecule has 0 saturated carbocycles. The van der Waals surface area contributed by atoms with E-state index in [1.165, 1.54) is 6.20 Å². The van der Waals surface area contributed by atoms with Crippen LogP contribution in [0.15, 0.2) is 12.8 Å². The van der Waals surface area contributed by atoms with Crippen LogP contribution in [0, 0.1) is 5.92 Å². The molecular formula is C13H21NO3. The molecule has 4 heteroatoms. The molecule has 1 unspecified atom stereocenters. The fourth-order valence-corrected chi connectivity index (χ4v) is 1.84. The summed E-state index contributed by atoms with van der Waals surface area (Å²) in [7, 11) is 0. The van der Waals surface area contributed by atoms with Gasteiger partial charge in [-0.1, -0.05) is 6.58 Å². The Hall–Kier alpha value is -1.32. The van der Waals surface area contributed by atoms with E-state index in [-0.39, 0.29) is 24.2 Å².